The van der Waals surface area contributed by atoms with E-state index in [2.05, 4.69) is 27.5 Å². The number of aryl methyl sites for hydroxylation is 1. The van der Waals surface area contributed by atoms with Gasteiger partial charge in [-0.3, -0.25) is 0 Å². The highest BCUT2D eigenvalue weighted by atomic mass is 16.5. The maximum atomic E-state index is 5.57. The van der Waals surface area contributed by atoms with Gasteiger partial charge in [0.25, 0.3) is 0 Å². The molecule has 0 amide bonds. The molecule has 0 atom stereocenters. The lowest BCUT2D eigenvalue weighted by molar-refractivity contribution is 0.145. The molecular weight excluding hydrogens is 316 g/mol. The summed E-state index contributed by atoms with van der Waals surface area (Å²) in [7, 11) is 0. The molecule has 0 saturated carbocycles. The highest BCUT2D eigenvalue weighted by Gasteiger charge is 2.06. The summed E-state index contributed by atoms with van der Waals surface area (Å²) in [4.78, 5) is 9.07. The number of nitrogens with zero attached hydrogens (tertiary/aromatic N) is 2. The maximum Gasteiger partial charge on any atom is 0.226 e. The third kappa shape index (κ3) is 6.58. The van der Waals surface area contributed by atoms with E-state index in [9.17, 15) is 0 Å². The van der Waals surface area contributed by atoms with Gasteiger partial charge in [-0.15, -0.1) is 0 Å². The fraction of sp³-hybridized carbons (Fsp3) is 0.474. The topological polar surface area (TPSA) is 71.7 Å². The number of ether oxygens (including phenoxy) is 1. The van der Waals surface area contributed by atoms with Crippen LogP contribution < -0.4 is 10.6 Å². The molecule has 0 radical (unpaired) electrons. The van der Waals surface area contributed by atoms with Crippen molar-refractivity contribution in [3.63, 3.8) is 0 Å². The number of guanidine groups is 1. The monoisotopic (exact) mass is 344 g/mol. The molecule has 1 heterocycles. The number of hydrogen-bond donors (Lipinski definition) is 2. The zero-order chi connectivity index (χ0) is 17.9. The van der Waals surface area contributed by atoms with E-state index in [0.29, 0.717) is 12.4 Å². The normalized spacial score (nSPS) is 11.6. The van der Waals surface area contributed by atoms with Gasteiger partial charge in [-0.25, -0.2) is 9.98 Å². The van der Waals surface area contributed by atoms with Gasteiger partial charge in [-0.2, -0.15) is 0 Å². The molecule has 25 heavy (non-hydrogen) atoms. The molecule has 2 rings (SSSR count). The molecule has 0 aliphatic rings. The summed E-state index contributed by atoms with van der Waals surface area (Å²) in [6, 6.07) is 8.12. The van der Waals surface area contributed by atoms with Gasteiger partial charge in [-0.1, -0.05) is 17.7 Å². The molecule has 0 unspecified atom stereocenters. The van der Waals surface area contributed by atoms with Crippen molar-refractivity contribution in [1.82, 2.24) is 15.6 Å². The van der Waals surface area contributed by atoms with Gasteiger partial charge in [0.2, 0.25) is 5.89 Å². The predicted molar refractivity (Wildman–Crippen MR) is 101 cm³/mol. The van der Waals surface area contributed by atoms with E-state index in [1.54, 1.807) is 6.26 Å². The Morgan fingerprint density at radius 3 is 2.72 bits per heavy atom. The molecule has 6 nitrogen and oxygen atoms in total. The second kappa shape index (κ2) is 10.5. The third-order valence-electron chi connectivity index (χ3n) is 3.56. The van der Waals surface area contributed by atoms with Crippen LogP contribution >= 0.6 is 0 Å². The average Bonchev–Trinajstić information content (AvgIpc) is 3.09. The van der Waals surface area contributed by atoms with Crippen molar-refractivity contribution in [3.8, 4) is 11.5 Å². The Kier molecular flexibility index (Phi) is 7.98. The van der Waals surface area contributed by atoms with Crippen LogP contribution in [0.4, 0.5) is 0 Å². The van der Waals surface area contributed by atoms with Gasteiger partial charge in [-0.05, 0) is 39.3 Å². The summed E-state index contributed by atoms with van der Waals surface area (Å²) in [6.07, 6.45) is 2.61. The number of rotatable bonds is 9. The van der Waals surface area contributed by atoms with Crippen LogP contribution in [0.3, 0.4) is 0 Å². The van der Waals surface area contributed by atoms with Crippen molar-refractivity contribution in [2.24, 2.45) is 4.99 Å². The first-order valence-electron chi connectivity index (χ1n) is 8.84. The zero-order valence-electron chi connectivity index (χ0n) is 15.3. The first kappa shape index (κ1) is 19.0. The van der Waals surface area contributed by atoms with Gasteiger partial charge < -0.3 is 19.8 Å². The van der Waals surface area contributed by atoms with Crippen LogP contribution in [0.2, 0.25) is 0 Å². The summed E-state index contributed by atoms with van der Waals surface area (Å²) in [5.41, 5.74) is 3.00. The second-order valence-corrected chi connectivity index (χ2v) is 5.68. The van der Waals surface area contributed by atoms with E-state index in [1.807, 2.05) is 38.1 Å². The molecule has 1 aromatic heterocycles. The lowest BCUT2D eigenvalue weighted by atomic mass is 10.1. The molecule has 0 spiro atoms. The minimum absolute atomic E-state index is 0.468. The van der Waals surface area contributed by atoms with Crippen molar-refractivity contribution in [2.45, 2.75) is 33.7 Å². The number of hydrogen-bond acceptors (Lipinski definition) is 4. The molecule has 2 aromatic rings. The van der Waals surface area contributed by atoms with Crippen molar-refractivity contribution in [3.05, 3.63) is 41.8 Å². The Morgan fingerprint density at radius 1 is 1.20 bits per heavy atom. The molecule has 0 aliphatic heterocycles. The fourth-order valence-corrected chi connectivity index (χ4v) is 2.24. The molecule has 6 heteroatoms. The van der Waals surface area contributed by atoms with E-state index in [0.717, 1.165) is 49.9 Å². The highest BCUT2D eigenvalue weighted by Crippen LogP contribution is 2.19. The van der Waals surface area contributed by atoms with Crippen LogP contribution in [0.25, 0.3) is 11.5 Å². The lowest BCUT2D eigenvalue weighted by Crippen LogP contribution is -2.38. The predicted octanol–water partition coefficient (Wildman–Crippen LogP) is 3.13. The number of nitrogens with one attached hydrogen (secondary N) is 2. The summed E-state index contributed by atoms with van der Waals surface area (Å²) < 4.78 is 10.9. The molecule has 136 valence electrons. The van der Waals surface area contributed by atoms with Gasteiger partial charge >= 0.3 is 0 Å². The van der Waals surface area contributed by atoms with E-state index in [1.165, 1.54) is 5.56 Å². The number of aliphatic imine (C=N–C) groups is 1. The SMILES string of the molecule is CCNC(=NCc1coc(-c2ccc(C)cc2)n1)NCCCOCC. The number of oxazole rings is 1. The maximum absolute atomic E-state index is 5.57. The van der Waals surface area contributed by atoms with E-state index >= 15 is 0 Å². The second-order valence-electron chi connectivity index (χ2n) is 5.68. The van der Waals surface area contributed by atoms with Crippen molar-refractivity contribution in [1.29, 1.82) is 0 Å². The Hall–Kier alpha value is -2.34. The standard InChI is InChI=1S/C19H28N4O2/c1-4-20-19(21-11-6-12-24-5-2)22-13-17-14-25-18(23-17)16-9-7-15(3)8-10-16/h7-10,14H,4-6,11-13H2,1-3H3,(H2,20,21,22). The largest absolute Gasteiger partial charge is 0.444 e. The summed E-state index contributed by atoms with van der Waals surface area (Å²) in [5.74, 6) is 1.40. The smallest absolute Gasteiger partial charge is 0.226 e. The number of benzene rings is 1. The van der Waals surface area contributed by atoms with Gasteiger partial charge in [0, 0.05) is 31.9 Å². The van der Waals surface area contributed by atoms with Crippen molar-refractivity contribution in [2.75, 3.05) is 26.3 Å². The fourth-order valence-electron chi connectivity index (χ4n) is 2.24. The summed E-state index contributed by atoms with van der Waals surface area (Å²) >= 11 is 0. The first-order valence-corrected chi connectivity index (χ1v) is 8.84. The average molecular weight is 344 g/mol. The van der Waals surface area contributed by atoms with Crippen LogP contribution in [0.15, 0.2) is 39.9 Å². The van der Waals surface area contributed by atoms with Crippen LogP contribution in [0.5, 0.6) is 0 Å². The molecule has 0 saturated heterocycles. The minimum atomic E-state index is 0.468. The Balaban J connectivity index is 1.90. The molecular formula is C19H28N4O2. The zero-order valence-corrected chi connectivity index (χ0v) is 15.3. The summed E-state index contributed by atoms with van der Waals surface area (Å²) in [5, 5.41) is 6.52. The van der Waals surface area contributed by atoms with Crippen LogP contribution in [0.1, 0.15) is 31.5 Å². The Bertz CT molecular complexity index is 650. The molecule has 2 N–H and O–H groups in total. The number of aromatic nitrogens is 1. The van der Waals surface area contributed by atoms with Gasteiger partial charge in [0.1, 0.15) is 12.0 Å². The molecule has 0 bridgehead atoms. The van der Waals surface area contributed by atoms with Crippen molar-refractivity contribution >= 4 is 5.96 Å². The van der Waals surface area contributed by atoms with Gasteiger partial charge in [0.05, 0.1) is 6.54 Å². The Morgan fingerprint density at radius 2 is 2.00 bits per heavy atom. The van der Waals surface area contributed by atoms with Crippen LogP contribution in [0, 0.1) is 6.92 Å². The van der Waals surface area contributed by atoms with E-state index in [-0.39, 0.29) is 0 Å². The molecule has 1 aromatic carbocycles. The Labute approximate surface area is 149 Å². The molecule has 0 fully saturated rings. The third-order valence-corrected chi connectivity index (χ3v) is 3.56. The lowest BCUT2D eigenvalue weighted by Gasteiger charge is -2.10. The van der Waals surface area contributed by atoms with Crippen LogP contribution in [-0.2, 0) is 11.3 Å². The highest BCUT2D eigenvalue weighted by molar-refractivity contribution is 5.79. The minimum Gasteiger partial charge on any atom is -0.444 e. The molecule has 0 aliphatic carbocycles. The first-order chi connectivity index (χ1) is 12.2. The quantitative estimate of drug-likeness (QED) is 0.415. The van der Waals surface area contributed by atoms with Gasteiger partial charge in [0.15, 0.2) is 5.96 Å². The summed E-state index contributed by atoms with van der Waals surface area (Å²) in [6.45, 7) is 9.71. The van der Waals surface area contributed by atoms with E-state index in [4.69, 9.17) is 9.15 Å². The van der Waals surface area contributed by atoms with Crippen LogP contribution in [-0.4, -0.2) is 37.2 Å². The van der Waals surface area contributed by atoms with Crippen molar-refractivity contribution < 1.29 is 9.15 Å². The van der Waals surface area contributed by atoms with E-state index < -0.39 is 0 Å².